The third-order valence-corrected chi connectivity index (χ3v) is 2.06. The Hall–Kier alpha value is 0.597. The maximum absolute atomic E-state index is 3.72. The van der Waals surface area contributed by atoms with Crippen molar-refractivity contribution in [3.8, 4) is 0 Å². The Kier molecular flexibility index (Phi) is 33.6. The summed E-state index contributed by atoms with van der Waals surface area (Å²) >= 11 is 0. The van der Waals surface area contributed by atoms with Crippen LogP contribution in [0.2, 0.25) is 0 Å². The predicted molar refractivity (Wildman–Crippen MR) is 63.9 cm³/mol. The zero-order valence-corrected chi connectivity index (χ0v) is 11.1. The molecule has 0 radical (unpaired) electrons. The fourth-order valence-corrected chi connectivity index (χ4v) is 1.10. The molecule has 0 aliphatic rings. The molecule has 0 unspecified atom stereocenters. The number of unbranched alkanes of at least 4 members (excludes halogenated alkanes) is 7. The second-order valence-electron chi connectivity index (χ2n) is 3.62. The molecular weight excluding hydrogens is 163 g/mol. The average Bonchev–Trinajstić information content (AvgIpc) is 2.17. The van der Waals surface area contributed by atoms with Crippen molar-refractivity contribution in [3.05, 3.63) is 6.92 Å². The van der Waals surface area contributed by atoms with Crippen LogP contribution in [0.25, 0.3) is 0 Å². The van der Waals surface area contributed by atoms with Gasteiger partial charge in [0.05, 0.1) is 0 Å². The summed E-state index contributed by atoms with van der Waals surface area (Å²) in [5.41, 5.74) is 0. The first-order valence-corrected chi connectivity index (χ1v) is 6.12. The first-order valence-electron chi connectivity index (χ1n) is 6.12. The van der Waals surface area contributed by atoms with Crippen LogP contribution in [0.3, 0.4) is 0 Å². The van der Waals surface area contributed by atoms with Gasteiger partial charge in [0, 0.05) is 0 Å². The number of rotatable bonds is 7. The zero-order chi connectivity index (χ0) is 10.4. The fourth-order valence-electron chi connectivity index (χ4n) is 1.10. The first-order chi connectivity index (χ1) is 6.33. The molecule has 1 heteroatoms. The van der Waals surface area contributed by atoms with Gasteiger partial charge in [-0.1, -0.05) is 72.1 Å². The van der Waals surface area contributed by atoms with E-state index < -0.39 is 0 Å². The quantitative estimate of drug-likeness (QED) is 0.330. The van der Waals surface area contributed by atoms with Gasteiger partial charge in [0.25, 0.3) is 0 Å². The van der Waals surface area contributed by atoms with Crippen molar-refractivity contribution >= 4 is 0 Å². The standard InChI is InChI=1S/C7H16.C6H13.Li/c1-3-5-7-6-4-2;1-3-5-6-4-2;/h3-7H2,1-2H3;1,3-6H2,2H3;/q;-1;+1. The second-order valence-corrected chi connectivity index (χ2v) is 3.62. The third kappa shape index (κ3) is 29.4. The van der Waals surface area contributed by atoms with E-state index >= 15 is 0 Å². The summed E-state index contributed by atoms with van der Waals surface area (Å²) in [6.45, 7) is 10.4. The molecular formula is C13H29Li. The van der Waals surface area contributed by atoms with Gasteiger partial charge < -0.3 is 6.92 Å². The van der Waals surface area contributed by atoms with Crippen molar-refractivity contribution in [2.45, 2.75) is 78.6 Å². The van der Waals surface area contributed by atoms with Crippen LogP contribution in [-0.2, 0) is 0 Å². The van der Waals surface area contributed by atoms with E-state index in [1.54, 1.807) is 0 Å². The second kappa shape index (κ2) is 23.4. The molecule has 0 aromatic heterocycles. The van der Waals surface area contributed by atoms with Gasteiger partial charge in [0.15, 0.2) is 0 Å². The fraction of sp³-hybridized carbons (Fsp3) is 0.923. The van der Waals surface area contributed by atoms with E-state index in [2.05, 4.69) is 27.7 Å². The molecule has 0 saturated heterocycles. The van der Waals surface area contributed by atoms with Crippen LogP contribution in [0, 0.1) is 6.92 Å². The average molecular weight is 192 g/mol. The molecule has 14 heavy (non-hydrogen) atoms. The van der Waals surface area contributed by atoms with E-state index in [0.29, 0.717) is 0 Å². The summed E-state index contributed by atoms with van der Waals surface area (Å²) in [5, 5.41) is 0. The molecule has 0 aromatic carbocycles. The minimum atomic E-state index is 0. The van der Waals surface area contributed by atoms with Crippen molar-refractivity contribution in [3.63, 3.8) is 0 Å². The Bertz CT molecular complexity index is 54.3. The van der Waals surface area contributed by atoms with Crippen LogP contribution in [0.15, 0.2) is 0 Å². The Morgan fingerprint density at radius 2 is 1.00 bits per heavy atom. The van der Waals surface area contributed by atoms with Crippen molar-refractivity contribution in [1.82, 2.24) is 0 Å². The Morgan fingerprint density at radius 1 is 0.643 bits per heavy atom. The summed E-state index contributed by atoms with van der Waals surface area (Å²) in [5.74, 6) is 0. The van der Waals surface area contributed by atoms with Gasteiger partial charge in [-0.2, -0.15) is 6.42 Å². The number of hydrogen-bond donors (Lipinski definition) is 0. The van der Waals surface area contributed by atoms with Gasteiger partial charge in [-0.15, -0.1) is 0 Å². The smallest absolute Gasteiger partial charge is 0.343 e. The molecule has 82 valence electrons. The predicted octanol–water partition coefficient (Wildman–Crippen LogP) is 2.38. The zero-order valence-electron chi connectivity index (χ0n) is 11.1. The van der Waals surface area contributed by atoms with Crippen LogP contribution in [0.5, 0.6) is 0 Å². The summed E-state index contributed by atoms with van der Waals surface area (Å²) < 4.78 is 0. The SMILES string of the molecule is CCCCCCC.[CH2-]CCCCC.[Li+]. The minimum Gasteiger partial charge on any atom is -0.343 e. The molecule has 0 fully saturated rings. The maximum Gasteiger partial charge on any atom is 1.00 e. The van der Waals surface area contributed by atoms with E-state index in [-0.39, 0.29) is 18.9 Å². The summed E-state index contributed by atoms with van der Waals surface area (Å²) in [4.78, 5) is 0. The van der Waals surface area contributed by atoms with E-state index in [4.69, 9.17) is 0 Å². The minimum absolute atomic E-state index is 0. The third-order valence-electron chi connectivity index (χ3n) is 2.06. The van der Waals surface area contributed by atoms with Crippen LogP contribution in [0.4, 0.5) is 0 Å². The number of hydrogen-bond acceptors (Lipinski definition) is 0. The molecule has 0 amide bonds. The Balaban J connectivity index is -0.000000163. The molecule has 0 bridgehead atoms. The van der Waals surface area contributed by atoms with Crippen molar-refractivity contribution < 1.29 is 18.9 Å². The maximum atomic E-state index is 3.72. The van der Waals surface area contributed by atoms with Crippen LogP contribution in [0.1, 0.15) is 78.6 Å². The van der Waals surface area contributed by atoms with E-state index in [0.717, 1.165) is 6.42 Å². The molecule has 0 N–H and O–H groups in total. The van der Waals surface area contributed by atoms with Gasteiger partial charge in [0.2, 0.25) is 0 Å². The normalized spacial score (nSPS) is 8.57. The van der Waals surface area contributed by atoms with Crippen molar-refractivity contribution in [1.29, 1.82) is 0 Å². The van der Waals surface area contributed by atoms with Gasteiger partial charge in [-0.05, 0) is 0 Å². The summed E-state index contributed by atoms with van der Waals surface area (Å²) in [6, 6.07) is 0. The van der Waals surface area contributed by atoms with E-state index in [1.165, 1.54) is 51.4 Å². The van der Waals surface area contributed by atoms with Gasteiger partial charge in [0.1, 0.15) is 0 Å². The summed E-state index contributed by atoms with van der Waals surface area (Å²) in [7, 11) is 0. The van der Waals surface area contributed by atoms with Crippen molar-refractivity contribution in [2.75, 3.05) is 0 Å². The van der Waals surface area contributed by atoms with Gasteiger partial charge in [-0.3, -0.25) is 0 Å². The molecule has 0 aliphatic heterocycles. The molecule has 0 nitrogen and oxygen atoms in total. The molecule has 0 atom stereocenters. The molecule has 0 saturated carbocycles. The van der Waals surface area contributed by atoms with Crippen LogP contribution < -0.4 is 18.9 Å². The van der Waals surface area contributed by atoms with Crippen LogP contribution >= 0.6 is 0 Å². The molecule has 0 heterocycles. The largest absolute Gasteiger partial charge is 1.00 e. The van der Waals surface area contributed by atoms with E-state index in [1.807, 2.05) is 0 Å². The Labute approximate surface area is 104 Å². The molecule has 0 rings (SSSR count). The van der Waals surface area contributed by atoms with Gasteiger partial charge >= 0.3 is 18.9 Å². The van der Waals surface area contributed by atoms with Gasteiger partial charge in [-0.25, -0.2) is 0 Å². The van der Waals surface area contributed by atoms with Crippen LogP contribution in [-0.4, -0.2) is 0 Å². The molecule has 0 aliphatic carbocycles. The van der Waals surface area contributed by atoms with Crippen molar-refractivity contribution in [2.24, 2.45) is 0 Å². The van der Waals surface area contributed by atoms with E-state index in [9.17, 15) is 0 Å². The topological polar surface area (TPSA) is 0 Å². The summed E-state index contributed by atoms with van der Waals surface area (Å²) in [6.07, 6.45) is 12.1. The monoisotopic (exact) mass is 192 g/mol. The Morgan fingerprint density at radius 3 is 1.21 bits per heavy atom. The molecule has 0 aromatic rings. The first kappa shape index (κ1) is 20.1. The molecule has 0 spiro atoms.